The molecule has 7 heteroatoms. The van der Waals surface area contributed by atoms with Gasteiger partial charge in [0.15, 0.2) is 0 Å². The number of nitrogens with zero attached hydrogens (tertiary/aromatic N) is 1. The molecule has 0 aliphatic heterocycles. The number of aromatic nitrogens is 1. The van der Waals surface area contributed by atoms with Gasteiger partial charge >= 0.3 is 0 Å². The Labute approximate surface area is 142 Å². The van der Waals surface area contributed by atoms with Crippen LogP contribution >= 0.6 is 0 Å². The second-order valence-electron chi connectivity index (χ2n) is 5.76. The van der Waals surface area contributed by atoms with Crippen molar-refractivity contribution >= 4 is 15.9 Å². The summed E-state index contributed by atoms with van der Waals surface area (Å²) in [4.78, 5) is 16.6. The SMILES string of the molecule is Cc1ccc(S(=O)(=O)NC(C)C)cc1C(=O)NCc1ccccn1. The highest BCUT2D eigenvalue weighted by molar-refractivity contribution is 7.89. The third kappa shape index (κ3) is 4.62. The molecule has 0 saturated heterocycles. The predicted molar refractivity (Wildman–Crippen MR) is 92.0 cm³/mol. The minimum absolute atomic E-state index is 0.0739. The first-order valence-electron chi connectivity index (χ1n) is 7.60. The molecule has 1 heterocycles. The Kier molecular flexibility index (Phi) is 5.69. The Bertz CT molecular complexity index is 818. The summed E-state index contributed by atoms with van der Waals surface area (Å²) in [7, 11) is -3.64. The van der Waals surface area contributed by atoms with Crippen LogP contribution in [0, 0.1) is 6.92 Å². The van der Waals surface area contributed by atoms with Crippen molar-refractivity contribution in [3.05, 3.63) is 59.4 Å². The topological polar surface area (TPSA) is 88.2 Å². The molecule has 6 nitrogen and oxygen atoms in total. The van der Waals surface area contributed by atoms with E-state index < -0.39 is 10.0 Å². The van der Waals surface area contributed by atoms with Crippen molar-refractivity contribution in [2.24, 2.45) is 0 Å². The number of hydrogen-bond acceptors (Lipinski definition) is 4. The quantitative estimate of drug-likeness (QED) is 0.837. The van der Waals surface area contributed by atoms with E-state index in [0.29, 0.717) is 11.1 Å². The maximum atomic E-state index is 12.4. The van der Waals surface area contributed by atoms with Gasteiger partial charge in [0, 0.05) is 17.8 Å². The number of hydrogen-bond donors (Lipinski definition) is 2. The number of benzene rings is 1. The molecule has 0 spiro atoms. The molecule has 0 atom stereocenters. The van der Waals surface area contributed by atoms with Gasteiger partial charge in [0.05, 0.1) is 17.1 Å². The lowest BCUT2D eigenvalue weighted by Gasteiger charge is -2.12. The molecule has 1 aromatic heterocycles. The summed E-state index contributed by atoms with van der Waals surface area (Å²) in [6.07, 6.45) is 1.65. The fraction of sp³-hybridized carbons (Fsp3) is 0.294. The van der Waals surface area contributed by atoms with Crippen LogP contribution < -0.4 is 10.0 Å². The summed E-state index contributed by atoms with van der Waals surface area (Å²) in [6, 6.07) is 9.74. The molecule has 0 aliphatic rings. The van der Waals surface area contributed by atoms with Crippen LogP contribution in [0.2, 0.25) is 0 Å². The van der Waals surface area contributed by atoms with Crippen molar-refractivity contribution in [1.82, 2.24) is 15.0 Å². The van der Waals surface area contributed by atoms with Gasteiger partial charge in [-0.05, 0) is 50.6 Å². The van der Waals surface area contributed by atoms with E-state index in [2.05, 4.69) is 15.0 Å². The van der Waals surface area contributed by atoms with Crippen LogP contribution in [0.3, 0.4) is 0 Å². The molecule has 1 amide bonds. The number of carbonyl (C=O) groups is 1. The van der Waals surface area contributed by atoms with Gasteiger partial charge in [0.1, 0.15) is 0 Å². The van der Waals surface area contributed by atoms with E-state index in [4.69, 9.17) is 0 Å². The third-order valence-corrected chi connectivity index (χ3v) is 4.97. The molecule has 0 unspecified atom stereocenters. The largest absolute Gasteiger partial charge is 0.346 e. The monoisotopic (exact) mass is 347 g/mol. The van der Waals surface area contributed by atoms with Gasteiger partial charge in [-0.2, -0.15) is 0 Å². The average molecular weight is 347 g/mol. The first kappa shape index (κ1) is 18.1. The lowest BCUT2D eigenvalue weighted by atomic mass is 10.1. The summed E-state index contributed by atoms with van der Waals surface area (Å²) in [5, 5.41) is 2.76. The Morgan fingerprint density at radius 2 is 1.96 bits per heavy atom. The highest BCUT2D eigenvalue weighted by atomic mass is 32.2. The van der Waals surface area contributed by atoms with E-state index in [1.165, 1.54) is 12.1 Å². The van der Waals surface area contributed by atoms with Gasteiger partial charge in [0.25, 0.3) is 5.91 Å². The zero-order chi connectivity index (χ0) is 17.7. The molecule has 24 heavy (non-hydrogen) atoms. The summed E-state index contributed by atoms with van der Waals surface area (Å²) in [5.74, 6) is -0.334. The van der Waals surface area contributed by atoms with Gasteiger partial charge in [-0.25, -0.2) is 13.1 Å². The Morgan fingerprint density at radius 1 is 1.21 bits per heavy atom. The van der Waals surface area contributed by atoms with Crippen LogP contribution in [0.25, 0.3) is 0 Å². The highest BCUT2D eigenvalue weighted by Gasteiger charge is 2.18. The van der Waals surface area contributed by atoms with E-state index in [9.17, 15) is 13.2 Å². The summed E-state index contributed by atoms with van der Waals surface area (Å²) in [5.41, 5.74) is 1.77. The van der Waals surface area contributed by atoms with Gasteiger partial charge in [-0.1, -0.05) is 12.1 Å². The Hall–Kier alpha value is -2.25. The molecule has 0 saturated carbocycles. The van der Waals surface area contributed by atoms with Crippen molar-refractivity contribution in [3.63, 3.8) is 0 Å². The van der Waals surface area contributed by atoms with Gasteiger partial charge in [-0.15, -0.1) is 0 Å². The van der Waals surface area contributed by atoms with Crippen molar-refractivity contribution in [2.75, 3.05) is 0 Å². The fourth-order valence-corrected chi connectivity index (χ4v) is 3.44. The zero-order valence-corrected chi connectivity index (χ0v) is 14.7. The van der Waals surface area contributed by atoms with Crippen LogP contribution in [0.1, 0.15) is 35.5 Å². The molecule has 0 radical (unpaired) electrons. The summed E-state index contributed by atoms with van der Waals surface area (Å²) < 4.78 is 27.0. The molecular weight excluding hydrogens is 326 g/mol. The maximum Gasteiger partial charge on any atom is 0.251 e. The number of nitrogens with one attached hydrogen (secondary N) is 2. The van der Waals surface area contributed by atoms with Crippen LogP contribution in [0.4, 0.5) is 0 Å². The summed E-state index contributed by atoms with van der Waals surface area (Å²) >= 11 is 0. The number of aryl methyl sites for hydroxylation is 1. The lowest BCUT2D eigenvalue weighted by molar-refractivity contribution is 0.0949. The zero-order valence-electron chi connectivity index (χ0n) is 13.9. The molecular formula is C17H21N3O3S. The molecule has 2 rings (SSSR count). The fourth-order valence-electron chi connectivity index (χ4n) is 2.16. The van der Waals surface area contributed by atoms with E-state index in [0.717, 1.165) is 5.69 Å². The van der Waals surface area contributed by atoms with Crippen LogP contribution in [0.5, 0.6) is 0 Å². The second kappa shape index (κ2) is 7.55. The first-order valence-corrected chi connectivity index (χ1v) is 9.09. The first-order chi connectivity index (χ1) is 11.3. The second-order valence-corrected chi connectivity index (χ2v) is 7.47. The number of amides is 1. The summed E-state index contributed by atoms with van der Waals surface area (Å²) in [6.45, 7) is 5.53. The molecule has 128 valence electrons. The smallest absolute Gasteiger partial charge is 0.251 e. The lowest BCUT2D eigenvalue weighted by Crippen LogP contribution is -2.31. The minimum Gasteiger partial charge on any atom is -0.346 e. The Morgan fingerprint density at radius 3 is 2.58 bits per heavy atom. The number of carbonyl (C=O) groups excluding carboxylic acids is 1. The van der Waals surface area contributed by atoms with Crippen LogP contribution in [-0.4, -0.2) is 25.4 Å². The molecule has 2 N–H and O–H groups in total. The van der Waals surface area contributed by atoms with E-state index in [1.54, 1.807) is 45.2 Å². The molecule has 2 aromatic rings. The van der Waals surface area contributed by atoms with Gasteiger partial charge in [0.2, 0.25) is 10.0 Å². The van der Waals surface area contributed by atoms with Gasteiger partial charge < -0.3 is 5.32 Å². The molecule has 1 aromatic carbocycles. The van der Waals surface area contributed by atoms with Crippen LogP contribution in [0.15, 0.2) is 47.5 Å². The van der Waals surface area contributed by atoms with Crippen molar-refractivity contribution < 1.29 is 13.2 Å². The van der Waals surface area contributed by atoms with Crippen molar-refractivity contribution in [2.45, 2.75) is 38.3 Å². The Balaban J connectivity index is 2.20. The highest BCUT2D eigenvalue weighted by Crippen LogP contribution is 2.16. The number of rotatable bonds is 6. The standard InChI is InChI=1S/C17H21N3O3S/c1-12(2)20-24(22,23)15-8-7-13(3)16(10-15)17(21)19-11-14-6-4-5-9-18-14/h4-10,12,20H,11H2,1-3H3,(H,19,21). The molecule has 0 fully saturated rings. The number of pyridine rings is 1. The number of sulfonamides is 1. The van der Waals surface area contributed by atoms with Gasteiger partial charge in [-0.3, -0.25) is 9.78 Å². The normalized spacial score (nSPS) is 11.5. The maximum absolute atomic E-state index is 12.4. The van der Waals surface area contributed by atoms with E-state index in [1.807, 2.05) is 6.07 Å². The molecule has 0 bridgehead atoms. The van der Waals surface area contributed by atoms with E-state index >= 15 is 0 Å². The van der Waals surface area contributed by atoms with Crippen LogP contribution in [-0.2, 0) is 16.6 Å². The molecule has 0 aliphatic carbocycles. The van der Waals surface area contributed by atoms with Crippen molar-refractivity contribution in [1.29, 1.82) is 0 Å². The van der Waals surface area contributed by atoms with Crippen molar-refractivity contribution in [3.8, 4) is 0 Å². The third-order valence-electron chi connectivity index (χ3n) is 3.31. The average Bonchev–Trinajstić information content (AvgIpc) is 2.52. The van der Waals surface area contributed by atoms with E-state index in [-0.39, 0.29) is 23.4 Å². The predicted octanol–water partition coefficient (Wildman–Crippen LogP) is 2.01. The minimum atomic E-state index is -3.64.